The van der Waals surface area contributed by atoms with Crippen LogP contribution in [-0.2, 0) is 0 Å². The highest BCUT2D eigenvalue weighted by Gasteiger charge is 2.55. The zero-order chi connectivity index (χ0) is 20.9. The molecule has 0 unspecified atom stereocenters. The van der Waals surface area contributed by atoms with E-state index in [1.54, 1.807) is 35.3 Å². The van der Waals surface area contributed by atoms with Crippen LogP contribution in [0.4, 0.5) is 0 Å². The van der Waals surface area contributed by atoms with Crippen molar-refractivity contribution >= 4 is 35.0 Å². The van der Waals surface area contributed by atoms with Crippen LogP contribution in [-0.4, -0.2) is 22.4 Å². The molecule has 2 aromatic carbocycles. The van der Waals surface area contributed by atoms with Crippen LogP contribution in [0.25, 0.3) is 0 Å². The zero-order valence-corrected chi connectivity index (χ0v) is 18.1. The van der Waals surface area contributed by atoms with E-state index in [-0.39, 0.29) is 17.4 Å². The quantitative estimate of drug-likeness (QED) is 0.615. The minimum Gasteiger partial charge on any atom is -0.267 e. The predicted molar refractivity (Wildman–Crippen MR) is 117 cm³/mol. The van der Waals surface area contributed by atoms with Gasteiger partial charge in [-0.25, -0.2) is 5.01 Å². The second kappa shape index (κ2) is 7.58. The van der Waals surface area contributed by atoms with Crippen molar-refractivity contribution < 1.29 is 9.59 Å². The summed E-state index contributed by atoms with van der Waals surface area (Å²) in [5, 5.41) is 2.38. The topological polar surface area (TPSA) is 49.4 Å². The molecule has 0 spiro atoms. The Kier molecular flexibility index (Phi) is 5.03. The van der Waals surface area contributed by atoms with E-state index in [0.29, 0.717) is 38.9 Å². The molecule has 0 radical (unpaired) electrons. The summed E-state index contributed by atoms with van der Waals surface area (Å²) in [6.07, 6.45) is 6.64. The molecule has 6 heteroatoms. The first-order valence-corrected chi connectivity index (χ1v) is 11.3. The Bertz CT molecular complexity index is 957. The molecule has 30 heavy (non-hydrogen) atoms. The van der Waals surface area contributed by atoms with E-state index in [9.17, 15) is 9.59 Å². The largest absolute Gasteiger partial charge is 0.272 e. The maximum absolute atomic E-state index is 13.6. The second-order valence-corrected chi connectivity index (χ2v) is 10.0. The molecule has 0 atom stereocenters. The first-order valence-electron chi connectivity index (χ1n) is 10.6. The van der Waals surface area contributed by atoms with Gasteiger partial charge in [0.05, 0.1) is 15.6 Å². The normalized spacial score (nSPS) is 28.9. The fourth-order valence-electron chi connectivity index (χ4n) is 6.24. The van der Waals surface area contributed by atoms with Gasteiger partial charge >= 0.3 is 0 Å². The first kappa shape index (κ1) is 19.9. The van der Waals surface area contributed by atoms with Crippen LogP contribution < -0.4 is 5.43 Å². The average molecular weight is 443 g/mol. The number of hydrogen-bond acceptors (Lipinski definition) is 2. The first-order chi connectivity index (χ1) is 14.4. The van der Waals surface area contributed by atoms with Gasteiger partial charge in [0, 0.05) is 11.1 Å². The molecule has 4 nitrogen and oxygen atoms in total. The van der Waals surface area contributed by atoms with E-state index in [2.05, 4.69) is 5.43 Å². The Morgan fingerprint density at radius 1 is 0.833 bits per heavy atom. The molecule has 0 aliphatic heterocycles. The molecule has 4 aliphatic rings. The molecule has 0 heterocycles. The van der Waals surface area contributed by atoms with Crippen LogP contribution in [0.2, 0.25) is 10.0 Å². The van der Waals surface area contributed by atoms with Crippen molar-refractivity contribution in [2.45, 2.75) is 44.1 Å². The molecule has 4 saturated carbocycles. The van der Waals surface area contributed by atoms with Gasteiger partial charge in [0.15, 0.2) is 0 Å². The van der Waals surface area contributed by atoms with Crippen LogP contribution in [0, 0.1) is 17.8 Å². The van der Waals surface area contributed by atoms with E-state index in [4.69, 9.17) is 23.2 Å². The highest BCUT2D eigenvalue weighted by Crippen LogP contribution is 2.57. The van der Waals surface area contributed by atoms with Gasteiger partial charge in [-0.3, -0.25) is 15.0 Å². The predicted octanol–water partition coefficient (Wildman–Crippen LogP) is 5.75. The van der Waals surface area contributed by atoms with E-state index in [1.807, 2.05) is 18.2 Å². The molecular weight excluding hydrogens is 419 g/mol. The van der Waals surface area contributed by atoms with Gasteiger partial charge in [0.25, 0.3) is 11.8 Å². The van der Waals surface area contributed by atoms with Gasteiger partial charge < -0.3 is 0 Å². The number of nitrogens with one attached hydrogen (secondary N) is 1. The maximum Gasteiger partial charge on any atom is 0.272 e. The van der Waals surface area contributed by atoms with Crippen LogP contribution >= 0.6 is 23.2 Å². The molecule has 4 bridgehead atoms. The van der Waals surface area contributed by atoms with E-state index in [1.165, 1.54) is 19.3 Å². The van der Waals surface area contributed by atoms with Crippen molar-refractivity contribution in [3.63, 3.8) is 0 Å². The summed E-state index contributed by atoms with van der Waals surface area (Å²) < 4.78 is 0. The Balaban J connectivity index is 1.49. The van der Waals surface area contributed by atoms with Crippen LogP contribution in [0.1, 0.15) is 59.2 Å². The molecule has 6 rings (SSSR count). The summed E-state index contributed by atoms with van der Waals surface area (Å²) in [5.74, 6) is 1.44. The molecule has 2 aromatic rings. The average Bonchev–Trinajstić information content (AvgIpc) is 2.73. The highest BCUT2D eigenvalue weighted by molar-refractivity contribution is 6.42. The fourth-order valence-corrected chi connectivity index (χ4v) is 6.53. The molecule has 156 valence electrons. The van der Waals surface area contributed by atoms with Crippen molar-refractivity contribution in [2.24, 2.45) is 17.8 Å². The van der Waals surface area contributed by atoms with E-state index in [0.717, 1.165) is 19.3 Å². The van der Waals surface area contributed by atoms with Gasteiger partial charge in [-0.1, -0.05) is 41.4 Å². The smallest absolute Gasteiger partial charge is 0.267 e. The van der Waals surface area contributed by atoms with Gasteiger partial charge in [-0.2, -0.15) is 0 Å². The number of carbonyl (C=O) groups is 2. The molecular formula is C24H24Cl2N2O2. The third kappa shape index (κ3) is 3.50. The number of carbonyl (C=O) groups excluding carboxylic acids is 2. The minimum atomic E-state index is -0.339. The Labute approximate surface area is 186 Å². The van der Waals surface area contributed by atoms with Gasteiger partial charge in [0.1, 0.15) is 0 Å². The maximum atomic E-state index is 13.6. The summed E-state index contributed by atoms with van der Waals surface area (Å²) in [6, 6.07) is 14.0. The summed E-state index contributed by atoms with van der Waals surface area (Å²) >= 11 is 12.1. The fraction of sp³-hybridized carbons (Fsp3) is 0.417. The van der Waals surface area contributed by atoms with Crippen molar-refractivity contribution in [2.75, 3.05) is 0 Å². The van der Waals surface area contributed by atoms with Crippen molar-refractivity contribution in [1.29, 1.82) is 0 Å². The lowest BCUT2D eigenvalue weighted by Gasteiger charge is -2.59. The van der Waals surface area contributed by atoms with Gasteiger partial charge in [-0.05, 0) is 86.6 Å². The number of benzene rings is 2. The van der Waals surface area contributed by atoms with Gasteiger partial charge in [-0.15, -0.1) is 0 Å². The van der Waals surface area contributed by atoms with Crippen molar-refractivity contribution in [1.82, 2.24) is 10.4 Å². The zero-order valence-electron chi connectivity index (χ0n) is 16.6. The summed E-state index contributed by atoms with van der Waals surface area (Å²) in [4.78, 5) is 26.8. The number of amides is 2. The summed E-state index contributed by atoms with van der Waals surface area (Å²) in [6.45, 7) is 0. The third-order valence-corrected chi connectivity index (χ3v) is 7.84. The molecule has 0 aromatic heterocycles. The lowest BCUT2D eigenvalue weighted by Crippen LogP contribution is -2.66. The summed E-state index contributed by atoms with van der Waals surface area (Å²) in [7, 11) is 0. The number of rotatable bonds is 3. The lowest BCUT2D eigenvalue weighted by atomic mass is 9.52. The number of hydrazine groups is 1. The monoisotopic (exact) mass is 442 g/mol. The molecule has 4 fully saturated rings. The van der Waals surface area contributed by atoms with Crippen LogP contribution in [0.5, 0.6) is 0 Å². The molecule has 4 aliphatic carbocycles. The lowest BCUT2D eigenvalue weighted by molar-refractivity contribution is -0.0875. The Hall–Kier alpha value is -2.04. The van der Waals surface area contributed by atoms with Crippen LogP contribution in [0.15, 0.2) is 48.5 Å². The third-order valence-electron chi connectivity index (χ3n) is 7.10. The second-order valence-electron chi connectivity index (χ2n) is 9.22. The van der Waals surface area contributed by atoms with Gasteiger partial charge in [0.2, 0.25) is 0 Å². The summed E-state index contributed by atoms with van der Waals surface area (Å²) in [5.41, 5.74) is 3.64. The number of hydrogen-bond donors (Lipinski definition) is 1. The highest BCUT2D eigenvalue weighted by atomic mass is 35.5. The Morgan fingerprint density at radius 2 is 1.43 bits per heavy atom. The van der Waals surface area contributed by atoms with Crippen molar-refractivity contribution in [3.8, 4) is 0 Å². The Morgan fingerprint density at radius 3 is 2.00 bits per heavy atom. The van der Waals surface area contributed by atoms with Crippen molar-refractivity contribution in [3.05, 3.63) is 69.7 Å². The number of halogens is 2. The SMILES string of the molecule is O=C(NN(C(=O)c1ccccc1)C12CC3CC(CC(C3)C1)C2)c1ccc(Cl)c(Cl)c1. The number of nitrogens with zero attached hydrogens (tertiary/aromatic N) is 1. The molecule has 1 N–H and O–H groups in total. The standard InChI is InChI=1S/C24H24Cl2N2O2/c25-20-7-6-19(11-21(20)26)22(29)27-28(23(30)18-4-2-1-3-5-18)24-12-15-8-16(13-24)10-17(9-15)14-24/h1-7,11,15-17H,8-10,12-14H2,(H,27,29). The van der Waals surface area contributed by atoms with E-state index < -0.39 is 0 Å². The molecule has 2 amide bonds. The molecule has 0 saturated heterocycles. The minimum absolute atomic E-state index is 0.147. The van der Waals surface area contributed by atoms with E-state index >= 15 is 0 Å². The van der Waals surface area contributed by atoms with Crippen LogP contribution in [0.3, 0.4) is 0 Å².